The van der Waals surface area contributed by atoms with E-state index in [1.54, 1.807) is 12.1 Å². The number of nitrogens with zero attached hydrogens (tertiary/aromatic N) is 3. The molecule has 3 heterocycles. The summed E-state index contributed by atoms with van der Waals surface area (Å²) in [7, 11) is 0. The van der Waals surface area contributed by atoms with Gasteiger partial charge in [0, 0.05) is 45.6 Å². The normalized spacial score (nSPS) is 13.3. The number of aryl methyl sites for hydroxylation is 2. The smallest absolute Gasteiger partial charge is 0.120 e. The van der Waals surface area contributed by atoms with Gasteiger partial charge in [0.2, 0.25) is 0 Å². The van der Waals surface area contributed by atoms with Crippen LogP contribution in [0.3, 0.4) is 0 Å². The summed E-state index contributed by atoms with van der Waals surface area (Å²) in [5, 5.41) is 2.18. The maximum absolute atomic E-state index is 7.28. The van der Waals surface area contributed by atoms with Crippen LogP contribution >= 0.6 is 0 Å². The van der Waals surface area contributed by atoms with Crippen LogP contribution in [0.4, 0.5) is 0 Å². The molecule has 0 atom stereocenters. The Morgan fingerprint density at radius 3 is 2.09 bits per heavy atom. The Morgan fingerprint density at radius 1 is 0.691 bits per heavy atom. The first-order chi connectivity index (χ1) is 28.7. The zero-order chi connectivity index (χ0) is 42.3. The van der Waals surface area contributed by atoms with Crippen LogP contribution in [0.2, 0.25) is 0 Å². The monoisotopic (exact) mass is 900 g/mol. The molecule has 0 aliphatic carbocycles. The van der Waals surface area contributed by atoms with Gasteiger partial charge in [-0.1, -0.05) is 118 Å². The van der Waals surface area contributed by atoms with Crippen molar-refractivity contribution in [3.05, 3.63) is 174 Å². The van der Waals surface area contributed by atoms with E-state index >= 15 is 0 Å². The number of hydrogen-bond acceptors (Lipinski definition) is 3. The van der Waals surface area contributed by atoms with Crippen molar-refractivity contribution in [2.45, 2.75) is 53.2 Å². The first-order valence-electron chi connectivity index (χ1n) is 21.2. The third-order valence-electron chi connectivity index (χ3n) is 9.72. The molecule has 4 nitrogen and oxygen atoms in total. The van der Waals surface area contributed by atoms with Crippen LogP contribution < -0.4 is 0 Å². The van der Waals surface area contributed by atoms with Crippen LogP contribution in [0, 0.1) is 25.8 Å². The summed E-state index contributed by atoms with van der Waals surface area (Å²) in [5.74, 6) is 1.45. The molecule has 1 radical (unpaired) electrons. The van der Waals surface area contributed by atoms with E-state index in [4.69, 9.17) is 17.6 Å². The first-order valence-corrected chi connectivity index (χ1v) is 18.2. The van der Waals surface area contributed by atoms with E-state index in [0.29, 0.717) is 23.1 Å². The van der Waals surface area contributed by atoms with E-state index in [0.717, 1.165) is 44.4 Å². The Bertz CT molecular complexity index is 2860. The quantitative estimate of drug-likeness (QED) is 0.156. The minimum Gasteiger partial charge on any atom is -0.501 e. The molecule has 9 rings (SSSR count). The van der Waals surface area contributed by atoms with Gasteiger partial charge in [0.15, 0.2) is 0 Å². The molecule has 0 saturated carbocycles. The van der Waals surface area contributed by atoms with Crippen LogP contribution in [0.1, 0.15) is 70.0 Å². The van der Waals surface area contributed by atoms with Gasteiger partial charge in [-0.25, -0.2) is 0 Å². The second kappa shape index (κ2) is 16.0. The van der Waals surface area contributed by atoms with E-state index in [-0.39, 0.29) is 31.2 Å². The number of imidazole rings is 1. The second-order valence-corrected chi connectivity index (χ2v) is 14.1. The van der Waals surface area contributed by atoms with Crippen molar-refractivity contribution in [1.82, 2.24) is 14.5 Å². The topological polar surface area (TPSA) is 43.9 Å². The maximum atomic E-state index is 7.28. The first kappa shape index (κ1) is 30.7. The predicted molar refractivity (Wildman–Crippen MR) is 224 cm³/mol. The van der Waals surface area contributed by atoms with Crippen LogP contribution in [0.25, 0.3) is 72.4 Å². The van der Waals surface area contributed by atoms with Crippen molar-refractivity contribution in [3.63, 3.8) is 0 Å². The van der Waals surface area contributed by atoms with Crippen molar-refractivity contribution in [2.24, 2.45) is 0 Å². The Labute approximate surface area is 345 Å². The molecule has 0 aliphatic heterocycles. The zero-order valence-corrected chi connectivity index (χ0v) is 33.4. The summed E-state index contributed by atoms with van der Waals surface area (Å²) in [6.45, 7) is 4.78. The van der Waals surface area contributed by atoms with Gasteiger partial charge >= 0.3 is 0 Å². The fourth-order valence-electron chi connectivity index (χ4n) is 7.03. The minimum absolute atomic E-state index is 0. The molecular weight excluding hydrogens is 851 g/mol. The third-order valence-corrected chi connectivity index (χ3v) is 9.72. The molecule has 55 heavy (non-hydrogen) atoms. The van der Waals surface area contributed by atoms with E-state index in [2.05, 4.69) is 134 Å². The summed E-state index contributed by atoms with van der Waals surface area (Å²) >= 11 is 0. The van der Waals surface area contributed by atoms with Crippen LogP contribution in [0.15, 0.2) is 144 Å². The molecule has 3 aromatic heterocycles. The van der Waals surface area contributed by atoms with E-state index in [1.165, 1.54) is 52.3 Å². The Hall–Kier alpha value is -5.61. The van der Waals surface area contributed by atoms with Crippen molar-refractivity contribution < 1.29 is 32.7 Å². The summed E-state index contributed by atoms with van der Waals surface area (Å²) in [6.07, 6.45) is 1.30. The minimum atomic E-state index is -2.18. The molecular formula is C50H43IrN3O-2. The van der Waals surface area contributed by atoms with Gasteiger partial charge in [-0.3, -0.25) is 4.98 Å². The van der Waals surface area contributed by atoms with Gasteiger partial charge in [0.25, 0.3) is 0 Å². The van der Waals surface area contributed by atoms with Crippen molar-refractivity contribution in [3.8, 4) is 39.5 Å². The van der Waals surface area contributed by atoms with E-state index in [9.17, 15) is 0 Å². The maximum Gasteiger partial charge on any atom is 0.120 e. The molecule has 0 saturated heterocycles. The summed E-state index contributed by atoms with van der Waals surface area (Å²) < 4.78 is 52.5. The summed E-state index contributed by atoms with van der Waals surface area (Å²) in [4.78, 5) is 9.31. The van der Waals surface area contributed by atoms with Crippen molar-refractivity contribution in [1.29, 1.82) is 0 Å². The fraction of sp³-hybridized carbons (Fsp3) is 0.160. The Balaban J connectivity index is 0.000000226. The van der Waals surface area contributed by atoms with Gasteiger partial charge < -0.3 is 14.0 Å². The van der Waals surface area contributed by atoms with Crippen LogP contribution in [0.5, 0.6) is 0 Å². The third kappa shape index (κ3) is 7.43. The molecule has 0 unspecified atom stereocenters. The van der Waals surface area contributed by atoms with Gasteiger partial charge in [0.05, 0.1) is 22.4 Å². The SMILES string of the molecule is CC(C)c1cc(-c2ccccc2)cc(C(C)C)c1-n1c(-c2[c-]ccc3c2oc2ccccc23)nc2ccccc21.[2H]C([2H])([2H])c1c[c-]c(-c2ccc(C([2H])([2H])[2H])cn2)cc1.[Ir]. The second-order valence-electron chi connectivity index (χ2n) is 14.1. The summed E-state index contributed by atoms with van der Waals surface area (Å²) in [5.41, 5.74) is 12.4. The fourth-order valence-corrected chi connectivity index (χ4v) is 7.03. The number of para-hydroxylation sites is 3. The molecule has 0 N–H and O–H groups in total. The van der Waals surface area contributed by atoms with Gasteiger partial charge in [-0.15, -0.1) is 53.6 Å². The average Bonchev–Trinajstić information content (AvgIpc) is 3.82. The molecule has 9 aromatic rings. The Kier molecular flexibility index (Phi) is 8.93. The number of benzene rings is 6. The van der Waals surface area contributed by atoms with Crippen LogP contribution in [-0.2, 0) is 20.1 Å². The molecule has 0 amide bonds. The van der Waals surface area contributed by atoms with Gasteiger partial charge in [-0.2, -0.15) is 0 Å². The molecule has 0 bridgehead atoms. The number of fused-ring (bicyclic) bond motifs is 4. The molecule has 0 fully saturated rings. The van der Waals surface area contributed by atoms with Crippen molar-refractivity contribution >= 4 is 33.0 Å². The predicted octanol–water partition coefficient (Wildman–Crippen LogP) is 13.5. The van der Waals surface area contributed by atoms with E-state index < -0.39 is 13.7 Å². The largest absolute Gasteiger partial charge is 0.501 e. The average molecular weight is 900 g/mol. The zero-order valence-electron chi connectivity index (χ0n) is 37.0. The molecule has 5 heteroatoms. The molecule has 0 aliphatic rings. The number of furan rings is 1. The summed E-state index contributed by atoms with van der Waals surface area (Å²) in [6, 6.07) is 50.1. The molecule has 0 spiro atoms. The van der Waals surface area contributed by atoms with Gasteiger partial charge in [0.1, 0.15) is 5.58 Å². The number of hydrogen-bond donors (Lipinski definition) is 0. The standard InChI is InChI=1S/C37H31N2O.C13H12N.Ir/c1-23(2)30-21-26(25-13-6-5-7-14-25)22-31(24(3)4)35(30)39-33-19-10-9-18-32(33)38-37(39)29-17-12-16-28-27-15-8-11-20-34(27)40-36(28)29;1-10-3-6-12(7-4-10)13-8-5-11(2)9-14-13;/h5-16,18-24H,1-4H3;3-6,8-9H,1-2H3;/q2*-1;/i;1D3,2D3;. The number of aromatic nitrogens is 3. The molecule has 6 aromatic carbocycles. The number of rotatable bonds is 6. The number of pyridine rings is 1. The van der Waals surface area contributed by atoms with Crippen molar-refractivity contribution in [2.75, 3.05) is 0 Å². The van der Waals surface area contributed by atoms with Crippen LogP contribution in [-0.4, -0.2) is 14.5 Å². The van der Waals surface area contributed by atoms with Gasteiger partial charge in [-0.05, 0) is 82.5 Å². The Morgan fingerprint density at radius 2 is 1.40 bits per heavy atom. The van der Waals surface area contributed by atoms with E-state index in [1.807, 2.05) is 18.2 Å². The molecule has 275 valence electrons.